The molecule has 0 bridgehead atoms. The van der Waals surface area contributed by atoms with E-state index >= 15 is 0 Å². The van der Waals surface area contributed by atoms with E-state index in [1.165, 1.54) is 18.2 Å². The highest BCUT2D eigenvalue weighted by Crippen LogP contribution is 2.24. The number of hydrogen-bond acceptors (Lipinski definition) is 4. The lowest BCUT2D eigenvalue weighted by atomic mass is 10.1. The van der Waals surface area contributed by atoms with E-state index in [2.05, 4.69) is 15.3 Å². The second kappa shape index (κ2) is 9.95. The van der Waals surface area contributed by atoms with Gasteiger partial charge in [-0.1, -0.05) is 24.3 Å². The smallest absolute Gasteiger partial charge is 0.258 e. The van der Waals surface area contributed by atoms with Gasteiger partial charge in [0.25, 0.3) is 11.8 Å². The van der Waals surface area contributed by atoms with Crippen LogP contribution in [0.4, 0.5) is 10.1 Å². The van der Waals surface area contributed by atoms with Crippen molar-refractivity contribution in [3.8, 4) is 0 Å². The molecular formula is C25H28FN5O2. The fourth-order valence-electron chi connectivity index (χ4n) is 4.15. The highest BCUT2D eigenvalue weighted by atomic mass is 19.1. The molecule has 1 saturated heterocycles. The molecule has 2 amide bonds. The number of amides is 2. The SMILES string of the molecule is Cc1cccc(C(=O)N2CCCN(Cc3cnn(C)c3)CC2)c1NC(=O)c1ccccc1F. The fraction of sp³-hybridized carbons (Fsp3) is 0.320. The summed E-state index contributed by atoms with van der Waals surface area (Å²) in [4.78, 5) is 30.3. The van der Waals surface area contributed by atoms with E-state index < -0.39 is 11.7 Å². The number of benzene rings is 2. The zero-order valence-corrected chi connectivity index (χ0v) is 18.9. The van der Waals surface area contributed by atoms with E-state index in [1.54, 1.807) is 22.9 Å². The summed E-state index contributed by atoms with van der Waals surface area (Å²) in [7, 11) is 1.90. The van der Waals surface area contributed by atoms with Crippen LogP contribution in [-0.4, -0.2) is 57.6 Å². The maximum atomic E-state index is 14.1. The Hall–Kier alpha value is -3.52. The molecule has 7 nitrogen and oxygen atoms in total. The van der Waals surface area contributed by atoms with Crippen LogP contribution in [0.15, 0.2) is 54.9 Å². The molecule has 0 unspecified atom stereocenters. The fourth-order valence-corrected chi connectivity index (χ4v) is 4.15. The van der Waals surface area contributed by atoms with Gasteiger partial charge in [0.2, 0.25) is 0 Å². The summed E-state index contributed by atoms with van der Waals surface area (Å²) in [5.41, 5.74) is 2.68. The topological polar surface area (TPSA) is 70.5 Å². The normalized spacial score (nSPS) is 14.7. The Morgan fingerprint density at radius 3 is 2.58 bits per heavy atom. The Bertz CT molecular complexity index is 1160. The van der Waals surface area contributed by atoms with Crippen LogP contribution in [0.3, 0.4) is 0 Å². The van der Waals surface area contributed by atoms with Gasteiger partial charge in [-0.05, 0) is 37.1 Å². The van der Waals surface area contributed by atoms with E-state index in [4.69, 9.17) is 0 Å². The van der Waals surface area contributed by atoms with Crippen molar-refractivity contribution in [2.75, 3.05) is 31.5 Å². The van der Waals surface area contributed by atoms with Crippen molar-refractivity contribution in [1.82, 2.24) is 19.6 Å². The molecule has 1 N–H and O–H groups in total. The molecule has 3 aromatic rings. The molecule has 1 aromatic heterocycles. The number of carbonyl (C=O) groups is 2. The standard InChI is InChI=1S/C25H28FN5O2/c1-18-7-5-9-21(23(18)28-24(32)20-8-3-4-10-22(20)26)25(33)31-12-6-11-30(13-14-31)17-19-15-27-29(2)16-19/h3-5,7-10,15-16H,6,11-14,17H2,1-2H3,(H,28,32). The largest absolute Gasteiger partial charge is 0.337 e. The quantitative estimate of drug-likeness (QED) is 0.648. The lowest BCUT2D eigenvalue weighted by Gasteiger charge is -2.23. The Balaban J connectivity index is 1.48. The monoisotopic (exact) mass is 449 g/mol. The number of hydrogen-bond donors (Lipinski definition) is 1. The first-order chi connectivity index (χ1) is 15.9. The number of carbonyl (C=O) groups excluding carboxylic acids is 2. The van der Waals surface area contributed by atoms with Gasteiger partial charge in [-0.3, -0.25) is 19.2 Å². The van der Waals surface area contributed by atoms with Crippen molar-refractivity contribution in [2.45, 2.75) is 19.9 Å². The van der Waals surface area contributed by atoms with Gasteiger partial charge in [-0.2, -0.15) is 5.10 Å². The molecule has 4 rings (SSSR count). The van der Waals surface area contributed by atoms with Crippen LogP contribution in [0.2, 0.25) is 0 Å². The Morgan fingerprint density at radius 2 is 1.82 bits per heavy atom. The van der Waals surface area contributed by atoms with E-state index in [-0.39, 0.29) is 11.5 Å². The molecule has 0 aliphatic carbocycles. The summed E-state index contributed by atoms with van der Waals surface area (Å²) < 4.78 is 15.9. The molecule has 8 heteroatoms. The highest BCUT2D eigenvalue weighted by Gasteiger charge is 2.24. The molecule has 2 heterocycles. The minimum absolute atomic E-state index is 0.0556. The number of para-hydroxylation sites is 1. The molecule has 0 atom stereocenters. The summed E-state index contributed by atoms with van der Waals surface area (Å²) in [5, 5.41) is 6.99. The van der Waals surface area contributed by atoms with Crippen molar-refractivity contribution in [2.24, 2.45) is 7.05 Å². The molecule has 0 saturated carbocycles. The third kappa shape index (κ3) is 5.28. The third-order valence-corrected chi connectivity index (χ3v) is 5.90. The molecule has 1 aliphatic rings. The first-order valence-electron chi connectivity index (χ1n) is 11.1. The lowest BCUT2D eigenvalue weighted by molar-refractivity contribution is 0.0762. The van der Waals surface area contributed by atoms with Gasteiger partial charge in [0.1, 0.15) is 5.82 Å². The third-order valence-electron chi connectivity index (χ3n) is 5.90. The van der Waals surface area contributed by atoms with Gasteiger partial charge in [-0.25, -0.2) is 4.39 Å². The van der Waals surface area contributed by atoms with Gasteiger partial charge in [0, 0.05) is 51.5 Å². The summed E-state index contributed by atoms with van der Waals surface area (Å²) >= 11 is 0. The molecule has 0 radical (unpaired) electrons. The average Bonchev–Trinajstić information content (AvgIpc) is 3.06. The van der Waals surface area contributed by atoms with Crippen molar-refractivity contribution in [3.63, 3.8) is 0 Å². The first-order valence-corrected chi connectivity index (χ1v) is 11.1. The first kappa shape index (κ1) is 22.7. The molecule has 0 spiro atoms. The van der Waals surface area contributed by atoms with Gasteiger partial charge in [0.15, 0.2) is 0 Å². The maximum Gasteiger partial charge on any atom is 0.258 e. The number of rotatable bonds is 5. The minimum Gasteiger partial charge on any atom is -0.337 e. The molecule has 172 valence electrons. The van der Waals surface area contributed by atoms with Gasteiger partial charge < -0.3 is 10.2 Å². The number of anilines is 1. The number of nitrogens with one attached hydrogen (secondary N) is 1. The zero-order chi connectivity index (χ0) is 23.4. The summed E-state index contributed by atoms with van der Waals surface area (Å²) in [5.74, 6) is -1.31. The van der Waals surface area contributed by atoms with E-state index in [0.717, 1.165) is 37.2 Å². The molecule has 33 heavy (non-hydrogen) atoms. The van der Waals surface area contributed by atoms with Crippen molar-refractivity contribution >= 4 is 17.5 Å². The van der Waals surface area contributed by atoms with Crippen LogP contribution in [0.5, 0.6) is 0 Å². The second-order valence-corrected chi connectivity index (χ2v) is 8.38. The van der Waals surface area contributed by atoms with Crippen molar-refractivity contribution in [1.29, 1.82) is 0 Å². The Labute approximate surface area is 192 Å². The van der Waals surface area contributed by atoms with Crippen LogP contribution in [-0.2, 0) is 13.6 Å². The Kier molecular flexibility index (Phi) is 6.84. The van der Waals surface area contributed by atoms with Crippen LogP contribution in [0.25, 0.3) is 0 Å². The highest BCUT2D eigenvalue weighted by molar-refractivity contribution is 6.09. The number of aryl methyl sites for hydroxylation is 2. The number of halogens is 1. The van der Waals surface area contributed by atoms with E-state index in [1.807, 2.05) is 37.3 Å². The molecular weight excluding hydrogens is 421 g/mol. The van der Waals surface area contributed by atoms with E-state index in [9.17, 15) is 14.0 Å². The molecule has 1 aliphatic heterocycles. The van der Waals surface area contributed by atoms with Crippen LogP contribution in [0.1, 0.15) is 38.3 Å². The number of nitrogens with zero attached hydrogens (tertiary/aromatic N) is 4. The van der Waals surface area contributed by atoms with Crippen molar-refractivity contribution in [3.05, 3.63) is 82.9 Å². The average molecular weight is 450 g/mol. The zero-order valence-electron chi connectivity index (χ0n) is 18.9. The summed E-state index contributed by atoms with van der Waals surface area (Å²) in [6, 6.07) is 11.1. The predicted molar refractivity (Wildman–Crippen MR) is 125 cm³/mol. The van der Waals surface area contributed by atoms with Crippen LogP contribution >= 0.6 is 0 Å². The van der Waals surface area contributed by atoms with Crippen LogP contribution in [0, 0.1) is 12.7 Å². The maximum absolute atomic E-state index is 14.1. The summed E-state index contributed by atoms with van der Waals surface area (Å²) in [6.45, 7) is 5.49. The summed E-state index contributed by atoms with van der Waals surface area (Å²) in [6.07, 6.45) is 4.73. The molecule has 2 aromatic carbocycles. The number of aromatic nitrogens is 2. The van der Waals surface area contributed by atoms with Crippen molar-refractivity contribution < 1.29 is 14.0 Å². The van der Waals surface area contributed by atoms with Gasteiger partial charge in [-0.15, -0.1) is 0 Å². The predicted octanol–water partition coefficient (Wildman–Crippen LogP) is 3.47. The van der Waals surface area contributed by atoms with E-state index in [0.29, 0.717) is 24.3 Å². The Morgan fingerprint density at radius 1 is 1.03 bits per heavy atom. The minimum atomic E-state index is -0.599. The lowest BCUT2D eigenvalue weighted by Crippen LogP contribution is -2.35. The van der Waals surface area contributed by atoms with Crippen LogP contribution < -0.4 is 5.32 Å². The second-order valence-electron chi connectivity index (χ2n) is 8.38. The van der Waals surface area contributed by atoms with Gasteiger partial charge >= 0.3 is 0 Å². The molecule has 1 fully saturated rings. The van der Waals surface area contributed by atoms with Gasteiger partial charge in [0.05, 0.1) is 23.0 Å².